The molecule has 3 heteroatoms. The number of ketones is 1. The summed E-state index contributed by atoms with van der Waals surface area (Å²) in [5, 5.41) is 12.9. The van der Waals surface area contributed by atoms with Crippen LogP contribution in [0.3, 0.4) is 0 Å². The molecule has 0 aliphatic heterocycles. The first kappa shape index (κ1) is 16.4. The van der Waals surface area contributed by atoms with Gasteiger partial charge in [-0.25, -0.2) is 0 Å². The Bertz CT molecular complexity index is 621. The third-order valence-electron chi connectivity index (χ3n) is 8.62. The van der Waals surface area contributed by atoms with Crippen LogP contribution in [0.15, 0.2) is 16.8 Å². The van der Waals surface area contributed by atoms with E-state index in [2.05, 4.69) is 19.0 Å². The Morgan fingerprint density at radius 1 is 1.12 bits per heavy atom. The minimum Gasteiger partial charge on any atom is -0.411 e. The number of hydrogen-bond donors (Lipinski definition) is 1. The molecular weight excluding hydrogens is 298 g/mol. The van der Waals surface area contributed by atoms with Crippen LogP contribution in [-0.2, 0) is 4.79 Å². The SMILES string of the molecule is CC(=NO)C1CCC2C3CCC4=CC(=O)CCC4(C)C3CCC12C. The van der Waals surface area contributed by atoms with Crippen LogP contribution in [-0.4, -0.2) is 16.7 Å². The summed E-state index contributed by atoms with van der Waals surface area (Å²) in [4.78, 5) is 11.9. The predicted octanol–water partition coefficient (Wildman–Crippen LogP) is 4.98. The van der Waals surface area contributed by atoms with Crippen LogP contribution in [0.25, 0.3) is 0 Å². The van der Waals surface area contributed by atoms with E-state index in [9.17, 15) is 10.0 Å². The van der Waals surface area contributed by atoms with E-state index in [1.54, 1.807) is 0 Å². The number of fused-ring (bicyclic) bond motifs is 5. The van der Waals surface area contributed by atoms with Crippen molar-refractivity contribution in [3.8, 4) is 0 Å². The number of carbonyl (C=O) groups excluding carboxylic acids is 1. The van der Waals surface area contributed by atoms with Gasteiger partial charge in [-0.1, -0.05) is 24.6 Å². The quantitative estimate of drug-likeness (QED) is 0.419. The van der Waals surface area contributed by atoms with Crippen LogP contribution >= 0.6 is 0 Å². The lowest BCUT2D eigenvalue weighted by molar-refractivity contribution is -0.117. The molecule has 0 amide bonds. The van der Waals surface area contributed by atoms with Crippen LogP contribution in [0.5, 0.6) is 0 Å². The summed E-state index contributed by atoms with van der Waals surface area (Å²) in [6.07, 6.45) is 11.1. The predicted molar refractivity (Wildman–Crippen MR) is 95.1 cm³/mol. The lowest BCUT2D eigenvalue weighted by Gasteiger charge is -2.58. The summed E-state index contributed by atoms with van der Waals surface area (Å²) < 4.78 is 0. The maximum absolute atomic E-state index is 11.9. The van der Waals surface area contributed by atoms with Crippen LogP contribution in [0.1, 0.15) is 72.1 Å². The van der Waals surface area contributed by atoms with Crippen molar-refractivity contribution < 1.29 is 10.0 Å². The fourth-order valence-corrected chi connectivity index (χ4v) is 7.32. The smallest absolute Gasteiger partial charge is 0.155 e. The maximum Gasteiger partial charge on any atom is 0.155 e. The zero-order valence-electron chi connectivity index (χ0n) is 15.3. The van der Waals surface area contributed by atoms with Crippen molar-refractivity contribution in [1.82, 2.24) is 0 Å². The molecule has 0 bridgehead atoms. The Balaban J connectivity index is 1.66. The molecule has 6 atom stereocenters. The molecule has 0 spiro atoms. The first-order chi connectivity index (χ1) is 11.4. The van der Waals surface area contributed by atoms with Gasteiger partial charge in [0, 0.05) is 12.3 Å². The molecule has 3 fully saturated rings. The van der Waals surface area contributed by atoms with E-state index in [1.165, 1.54) is 37.7 Å². The molecule has 24 heavy (non-hydrogen) atoms. The van der Waals surface area contributed by atoms with Crippen molar-refractivity contribution in [2.75, 3.05) is 0 Å². The van der Waals surface area contributed by atoms with Crippen LogP contribution in [0.4, 0.5) is 0 Å². The van der Waals surface area contributed by atoms with E-state index >= 15 is 0 Å². The van der Waals surface area contributed by atoms with Gasteiger partial charge in [-0.2, -0.15) is 0 Å². The first-order valence-corrected chi connectivity index (χ1v) is 9.82. The summed E-state index contributed by atoms with van der Waals surface area (Å²) in [6, 6.07) is 0. The Kier molecular flexibility index (Phi) is 3.71. The monoisotopic (exact) mass is 329 g/mol. The normalized spacial score (nSPS) is 48.4. The summed E-state index contributed by atoms with van der Waals surface area (Å²) in [6.45, 7) is 6.90. The van der Waals surface area contributed by atoms with Crippen molar-refractivity contribution in [3.63, 3.8) is 0 Å². The molecule has 0 radical (unpaired) electrons. The van der Waals surface area contributed by atoms with Gasteiger partial charge in [0.15, 0.2) is 5.78 Å². The maximum atomic E-state index is 11.9. The van der Waals surface area contributed by atoms with Crippen LogP contribution in [0, 0.1) is 34.5 Å². The Morgan fingerprint density at radius 2 is 1.92 bits per heavy atom. The zero-order valence-corrected chi connectivity index (χ0v) is 15.3. The summed E-state index contributed by atoms with van der Waals surface area (Å²) in [5.41, 5.74) is 2.95. The van der Waals surface area contributed by atoms with Crippen molar-refractivity contribution in [2.24, 2.45) is 39.7 Å². The standard InChI is InChI=1S/C21H31NO2/c1-13(22-24)17-6-7-18-16-5-4-14-12-15(23)8-10-20(14,2)19(16)9-11-21(17,18)3/h12,16-19,24H,4-11H2,1-3H3. The summed E-state index contributed by atoms with van der Waals surface area (Å²) in [5.74, 6) is 3.08. The fourth-order valence-electron chi connectivity index (χ4n) is 7.32. The van der Waals surface area contributed by atoms with Crippen molar-refractivity contribution in [2.45, 2.75) is 72.1 Å². The van der Waals surface area contributed by atoms with E-state index in [-0.39, 0.29) is 5.41 Å². The van der Waals surface area contributed by atoms with Crippen molar-refractivity contribution in [3.05, 3.63) is 11.6 Å². The van der Waals surface area contributed by atoms with Gasteiger partial charge >= 0.3 is 0 Å². The Hall–Kier alpha value is -1.12. The number of carbonyl (C=O) groups is 1. The third-order valence-corrected chi connectivity index (χ3v) is 8.62. The molecule has 4 aliphatic rings. The highest BCUT2D eigenvalue weighted by atomic mass is 16.4. The molecule has 3 nitrogen and oxygen atoms in total. The molecule has 6 unspecified atom stereocenters. The van der Waals surface area contributed by atoms with Gasteiger partial charge in [0.25, 0.3) is 0 Å². The number of oxime groups is 1. The lowest BCUT2D eigenvalue weighted by atomic mass is 9.46. The highest BCUT2D eigenvalue weighted by Crippen LogP contribution is 2.66. The van der Waals surface area contributed by atoms with E-state index in [1.807, 2.05) is 13.0 Å². The molecule has 0 aromatic heterocycles. The molecular formula is C21H31NO2. The molecule has 4 rings (SSSR count). The Morgan fingerprint density at radius 3 is 2.67 bits per heavy atom. The number of hydrogen-bond acceptors (Lipinski definition) is 3. The molecule has 0 heterocycles. The molecule has 3 saturated carbocycles. The molecule has 132 valence electrons. The number of rotatable bonds is 1. The first-order valence-electron chi connectivity index (χ1n) is 9.82. The minimum atomic E-state index is 0.260. The van der Waals surface area contributed by atoms with E-state index < -0.39 is 0 Å². The Labute approximate surface area is 145 Å². The van der Waals surface area contributed by atoms with Gasteiger partial charge in [-0.3, -0.25) is 4.79 Å². The average Bonchev–Trinajstić information content (AvgIpc) is 2.92. The fraction of sp³-hybridized carbons (Fsp3) is 0.810. The average molecular weight is 329 g/mol. The highest BCUT2D eigenvalue weighted by molar-refractivity contribution is 5.91. The van der Waals surface area contributed by atoms with E-state index in [4.69, 9.17) is 0 Å². The van der Waals surface area contributed by atoms with Gasteiger partial charge in [0.2, 0.25) is 0 Å². The summed E-state index contributed by atoms with van der Waals surface area (Å²) in [7, 11) is 0. The van der Waals surface area contributed by atoms with E-state index in [0.717, 1.165) is 42.7 Å². The lowest BCUT2D eigenvalue weighted by Crippen LogP contribution is -2.51. The molecule has 0 saturated heterocycles. The van der Waals surface area contributed by atoms with Gasteiger partial charge in [0.05, 0.1) is 5.71 Å². The van der Waals surface area contributed by atoms with Crippen molar-refractivity contribution >= 4 is 11.5 Å². The molecule has 0 aromatic carbocycles. The topological polar surface area (TPSA) is 49.7 Å². The van der Waals surface area contributed by atoms with Crippen molar-refractivity contribution in [1.29, 1.82) is 0 Å². The highest BCUT2D eigenvalue weighted by Gasteiger charge is 2.59. The minimum absolute atomic E-state index is 0.260. The summed E-state index contributed by atoms with van der Waals surface area (Å²) >= 11 is 0. The molecule has 0 aromatic rings. The zero-order chi connectivity index (χ0) is 17.1. The molecule has 1 N–H and O–H groups in total. The number of allylic oxidation sites excluding steroid dienone is 1. The largest absolute Gasteiger partial charge is 0.411 e. The second kappa shape index (κ2) is 5.44. The van der Waals surface area contributed by atoms with Gasteiger partial charge in [-0.15, -0.1) is 0 Å². The number of nitrogens with zero attached hydrogens (tertiary/aromatic N) is 1. The van der Waals surface area contributed by atoms with Gasteiger partial charge in [-0.05, 0) is 86.5 Å². The molecule has 4 aliphatic carbocycles. The second-order valence-electron chi connectivity index (χ2n) is 9.38. The van der Waals surface area contributed by atoms with E-state index in [0.29, 0.717) is 17.1 Å². The van der Waals surface area contributed by atoms with Crippen LogP contribution in [0.2, 0.25) is 0 Å². The van der Waals surface area contributed by atoms with Crippen LogP contribution < -0.4 is 0 Å². The van der Waals surface area contributed by atoms with Gasteiger partial charge < -0.3 is 5.21 Å². The second-order valence-corrected chi connectivity index (χ2v) is 9.38. The van der Waals surface area contributed by atoms with Gasteiger partial charge in [0.1, 0.15) is 0 Å². The third kappa shape index (κ3) is 2.09.